The maximum absolute atomic E-state index is 13.2. The zero-order valence-corrected chi connectivity index (χ0v) is 11.6. The quantitative estimate of drug-likeness (QED) is 0.619. The molecule has 0 aliphatic carbocycles. The summed E-state index contributed by atoms with van der Waals surface area (Å²) in [6, 6.07) is 2.20. The van der Waals surface area contributed by atoms with E-state index < -0.39 is 34.9 Å². The second-order valence-corrected chi connectivity index (χ2v) is 5.54. The normalized spacial score (nSPS) is 14.2. The van der Waals surface area contributed by atoms with Crippen LogP contribution in [0.5, 0.6) is 0 Å². The molecule has 0 N–H and O–H groups in total. The Kier molecular flexibility index (Phi) is 4.59. The Morgan fingerprint density at radius 2 is 1.75 bits per heavy atom. The van der Waals surface area contributed by atoms with Crippen LogP contribution in [0.2, 0.25) is 0 Å². The van der Waals surface area contributed by atoms with E-state index >= 15 is 0 Å². The van der Waals surface area contributed by atoms with Crippen LogP contribution < -0.4 is 0 Å². The highest BCUT2D eigenvalue weighted by atomic mass is 19.4. The fourth-order valence-electron chi connectivity index (χ4n) is 1.90. The fraction of sp³-hybridized carbons (Fsp3) is 0.500. The van der Waals surface area contributed by atoms with Gasteiger partial charge in [0.2, 0.25) is 0 Å². The van der Waals surface area contributed by atoms with Crippen molar-refractivity contribution in [1.82, 2.24) is 0 Å². The molecular weight excluding hydrogens is 276 g/mol. The molecule has 6 heteroatoms. The van der Waals surface area contributed by atoms with E-state index in [1.54, 1.807) is 20.8 Å². The number of halogens is 4. The number of carbonyl (C=O) groups is 1. The first-order chi connectivity index (χ1) is 8.98. The number of hydrogen-bond donors (Lipinski definition) is 0. The van der Waals surface area contributed by atoms with Crippen LogP contribution >= 0.6 is 0 Å². The van der Waals surface area contributed by atoms with E-state index in [0.29, 0.717) is 12.1 Å². The van der Waals surface area contributed by atoms with Crippen LogP contribution in [0.25, 0.3) is 0 Å². The molecule has 0 saturated carbocycles. The van der Waals surface area contributed by atoms with Crippen LogP contribution in [0.1, 0.15) is 36.7 Å². The number of alkyl halides is 3. The number of ether oxygens (including phenoxy) is 1. The highest BCUT2D eigenvalue weighted by molar-refractivity contribution is 6.00. The maximum Gasteiger partial charge on any atom is 0.419 e. The van der Waals surface area contributed by atoms with Crippen molar-refractivity contribution in [3.05, 3.63) is 35.1 Å². The van der Waals surface area contributed by atoms with E-state index in [-0.39, 0.29) is 5.56 Å². The van der Waals surface area contributed by atoms with Gasteiger partial charge in [0.15, 0.2) is 5.78 Å². The first kappa shape index (κ1) is 16.6. The van der Waals surface area contributed by atoms with E-state index in [4.69, 9.17) is 4.74 Å². The summed E-state index contributed by atoms with van der Waals surface area (Å²) in [6.45, 7) is 5.19. The van der Waals surface area contributed by atoms with Crippen molar-refractivity contribution in [2.45, 2.75) is 33.1 Å². The third kappa shape index (κ3) is 3.56. The Bertz CT molecular complexity index is 501. The number of hydrogen-bond acceptors (Lipinski definition) is 2. The van der Waals surface area contributed by atoms with Gasteiger partial charge < -0.3 is 4.74 Å². The predicted octanol–water partition coefficient (Wildman–Crippen LogP) is 4.09. The summed E-state index contributed by atoms with van der Waals surface area (Å²) < 4.78 is 56.1. The van der Waals surface area contributed by atoms with Gasteiger partial charge in [0, 0.05) is 12.7 Å². The van der Waals surface area contributed by atoms with Crippen molar-refractivity contribution < 1.29 is 27.1 Å². The van der Waals surface area contributed by atoms with Gasteiger partial charge >= 0.3 is 6.18 Å². The molecule has 0 heterocycles. The van der Waals surface area contributed by atoms with Gasteiger partial charge in [-0.05, 0) is 23.6 Å². The first-order valence-electron chi connectivity index (χ1n) is 5.92. The summed E-state index contributed by atoms with van der Waals surface area (Å²) in [5.74, 6) is -2.01. The Morgan fingerprint density at radius 3 is 2.15 bits per heavy atom. The lowest BCUT2D eigenvalue weighted by atomic mass is 9.84. The van der Waals surface area contributed by atoms with Crippen molar-refractivity contribution in [3.8, 4) is 0 Å². The van der Waals surface area contributed by atoms with Crippen molar-refractivity contribution in [3.63, 3.8) is 0 Å². The second-order valence-electron chi connectivity index (χ2n) is 5.54. The number of ketones is 1. The van der Waals surface area contributed by atoms with Crippen molar-refractivity contribution >= 4 is 5.78 Å². The summed E-state index contributed by atoms with van der Waals surface area (Å²) in [4.78, 5) is 12.2. The second kappa shape index (κ2) is 5.52. The minimum absolute atomic E-state index is 0.222. The zero-order chi connectivity index (χ0) is 15.7. The van der Waals surface area contributed by atoms with E-state index in [0.717, 1.165) is 6.07 Å². The molecular formula is C14H16F4O2. The van der Waals surface area contributed by atoms with Crippen molar-refractivity contribution in [2.75, 3.05) is 7.11 Å². The molecule has 0 saturated heterocycles. The summed E-state index contributed by atoms with van der Waals surface area (Å²) in [5, 5.41) is 0. The predicted molar refractivity (Wildman–Crippen MR) is 66.0 cm³/mol. The Hall–Kier alpha value is -1.43. The Labute approximate surface area is 114 Å². The van der Waals surface area contributed by atoms with E-state index in [1.807, 2.05) is 0 Å². The summed E-state index contributed by atoms with van der Waals surface area (Å²) >= 11 is 0. The molecule has 0 radical (unpaired) electrons. The third-order valence-electron chi connectivity index (χ3n) is 2.82. The van der Waals surface area contributed by atoms with Crippen LogP contribution in [-0.4, -0.2) is 19.0 Å². The summed E-state index contributed by atoms with van der Waals surface area (Å²) in [6.07, 6.45) is -5.75. The van der Waals surface area contributed by atoms with Gasteiger partial charge in [-0.25, -0.2) is 4.39 Å². The van der Waals surface area contributed by atoms with Crippen LogP contribution in [0.4, 0.5) is 17.6 Å². The van der Waals surface area contributed by atoms with E-state index in [2.05, 4.69) is 0 Å². The SMILES string of the molecule is COC(C(=O)c1ccc(F)c(C(F)(F)F)c1)C(C)(C)C. The molecule has 0 bridgehead atoms. The van der Waals surface area contributed by atoms with Gasteiger partial charge in [0.25, 0.3) is 0 Å². The highest BCUT2D eigenvalue weighted by Crippen LogP contribution is 2.33. The first-order valence-corrected chi connectivity index (χ1v) is 5.92. The highest BCUT2D eigenvalue weighted by Gasteiger charge is 2.37. The van der Waals surface area contributed by atoms with Gasteiger partial charge in [-0.2, -0.15) is 13.2 Å². The lowest BCUT2D eigenvalue weighted by molar-refractivity contribution is -0.140. The van der Waals surface area contributed by atoms with Gasteiger partial charge in [-0.15, -0.1) is 0 Å². The number of carbonyl (C=O) groups excluding carboxylic acids is 1. The standard InChI is InChI=1S/C14H16F4O2/c1-13(2,3)12(20-4)11(19)8-5-6-10(15)9(7-8)14(16,17)18/h5-7,12H,1-4H3. The van der Waals surface area contributed by atoms with Crippen molar-refractivity contribution in [1.29, 1.82) is 0 Å². The van der Waals surface area contributed by atoms with E-state index in [9.17, 15) is 22.4 Å². The van der Waals surface area contributed by atoms with Gasteiger partial charge in [-0.1, -0.05) is 20.8 Å². The topological polar surface area (TPSA) is 26.3 Å². The van der Waals surface area contributed by atoms with Gasteiger partial charge in [0.1, 0.15) is 11.9 Å². The molecule has 0 aromatic heterocycles. The summed E-state index contributed by atoms with van der Waals surface area (Å²) in [7, 11) is 1.31. The van der Waals surface area contributed by atoms with Crippen LogP contribution in [0, 0.1) is 11.2 Å². The molecule has 112 valence electrons. The molecule has 1 atom stereocenters. The Morgan fingerprint density at radius 1 is 1.20 bits per heavy atom. The van der Waals surface area contributed by atoms with Crippen LogP contribution in [0.3, 0.4) is 0 Å². The molecule has 0 fully saturated rings. The molecule has 0 aliphatic rings. The molecule has 1 aromatic carbocycles. The van der Waals surface area contributed by atoms with Gasteiger partial charge in [0.05, 0.1) is 5.56 Å². The zero-order valence-electron chi connectivity index (χ0n) is 11.6. The number of methoxy groups -OCH3 is 1. The molecule has 1 aromatic rings. The minimum Gasteiger partial charge on any atom is -0.373 e. The maximum atomic E-state index is 13.2. The van der Waals surface area contributed by atoms with Gasteiger partial charge in [-0.3, -0.25) is 4.79 Å². The average molecular weight is 292 g/mol. The fourth-order valence-corrected chi connectivity index (χ4v) is 1.90. The van der Waals surface area contributed by atoms with Crippen LogP contribution in [-0.2, 0) is 10.9 Å². The monoisotopic (exact) mass is 292 g/mol. The molecule has 20 heavy (non-hydrogen) atoms. The number of benzene rings is 1. The lowest BCUT2D eigenvalue weighted by Crippen LogP contribution is -2.36. The minimum atomic E-state index is -4.84. The molecule has 2 nitrogen and oxygen atoms in total. The third-order valence-corrected chi connectivity index (χ3v) is 2.82. The molecule has 1 rings (SSSR count). The average Bonchev–Trinajstić information content (AvgIpc) is 2.26. The molecule has 0 spiro atoms. The number of Topliss-reactive ketones (excluding diaryl/α,β-unsaturated/α-hetero) is 1. The largest absolute Gasteiger partial charge is 0.419 e. The lowest BCUT2D eigenvalue weighted by Gasteiger charge is -2.28. The van der Waals surface area contributed by atoms with Crippen molar-refractivity contribution in [2.24, 2.45) is 5.41 Å². The molecule has 0 aliphatic heterocycles. The van der Waals surface area contributed by atoms with E-state index in [1.165, 1.54) is 7.11 Å². The summed E-state index contributed by atoms with van der Waals surface area (Å²) in [5.41, 5.74) is -2.26. The molecule has 1 unspecified atom stereocenters. The van der Waals surface area contributed by atoms with Crippen LogP contribution in [0.15, 0.2) is 18.2 Å². The Balaban J connectivity index is 3.25. The molecule has 0 amide bonds. The number of rotatable bonds is 3. The smallest absolute Gasteiger partial charge is 0.373 e.